The van der Waals surface area contributed by atoms with E-state index in [9.17, 15) is 4.79 Å². The molecule has 1 aliphatic rings. The number of unbranched alkanes of at least 4 members (excludes halogenated alkanes) is 1. The van der Waals surface area contributed by atoms with Crippen molar-refractivity contribution in [2.24, 2.45) is 16.9 Å². The summed E-state index contributed by atoms with van der Waals surface area (Å²) in [7, 11) is 0. The Labute approximate surface area is 132 Å². The third-order valence-corrected chi connectivity index (χ3v) is 4.52. The number of cyclic esters (lactones) is 1. The lowest BCUT2D eigenvalue weighted by Gasteiger charge is -2.41. The number of carbonyl (C=O) groups excluding carboxylic acids is 1. The Morgan fingerprint density at radius 1 is 1.45 bits per heavy atom. The molecule has 2 N–H and O–H groups in total. The third-order valence-electron chi connectivity index (χ3n) is 4.52. The molecule has 118 valence electrons. The van der Waals surface area contributed by atoms with Crippen molar-refractivity contribution >= 4 is 12.2 Å². The van der Waals surface area contributed by atoms with Gasteiger partial charge in [0.15, 0.2) is 0 Å². The molecule has 0 radical (unpaired) electrons. The van der Waals surface area contributed by atoms with E-state index < -0.39 is 5.41 Å². The van der Waals surface area contributed by atoms with Crippen molar-refractivity contribution in [3.05, 3.63) is 48.0 Å². The number of hydrazone groups is 1. The van der Waals surface area contributed by atoms with Crippen LogP contribution in [0.5, 0.6) is 0 Å². The van der Waals surface area contributed by atoms with Gasteiger partial charge in [-0.15, -0.1) is 6.58 Å². The van der Waals surface area contributed by atoms with Crippen LogP contribution in [-0.2, 0) is 14.9 Å². The number of esters is 1. The number of hydrogen-bond acceptors (Lipinski definition) is 4. The average molecular weight is 300 g/mol. The Kier molecular flexibility index (Phi) is 5.36. The van der Waals surface area contributed by atoms with Gasteiger partial charge in [-0.2, -0.15) is 5.10 Å². The van der Waals surface area contributed by atoms with E-state index in [4.69, 9.17) is 10.6 Å². The van der Waals surface area contributed by atoms with Gasteiger partial charge in [-0.1, -0.05) is 50.1 Å². The van der Waals surface area contributed by atoms with Gasteiger partial charge in [0, 0.05) is 0 Å². The van der Waals surface area contributed by atoms with E-state index in [1.165, 1.54) is 0 Å². The van der Waals surface area contributed by atoms with Crippen molar-refractivity contribution < 1.29 is 9.53 Å². The lowest BCUT2D eigenvalue weighted by Crippen LogP contribution is -2.47. The molecule has 4 nitrogen and oxygen atoms in total. The summed E-state index contributed by atoms with van der Waals surface area (Å²) in [5.41, 5.74) is 1.29. The van der Waals surface area contributed by atoms with Crippen LogP contribution in [-0.4, -0.2) is 18.8 Å². The molecular formula is C18H24N2O2. The fraction of sp³-hybridized carbons (Fsp3) is 0.444. The highest BCUT2D eigenvalue weighted by Gasteiger charge is 2.48. The summed E-state index contributed by atoms with van der Waals surface area (Å²) in [6, 6.07) is 7.83. The molecule has 0 bridgehead atoms. The molecule has 2 rings (SSSR count). The largest absolute Gasteiger partial charge is 0.465 e. The van der Waals surface area contributed by atoms with Crippen LogP contribution in [0, 0.1) is 5.92 Å². The number of allylic oxidation sites excluding steroid dienone is 1. The van der Waals surface area contributed by atoms with Crippen molar-refractivity contribution in [3.8, 4) is 0 Å². The van der Waals surface area contributed by atoms with Crippen LogP contribution in [0.15, 0.2) is 42.0 Å². The summed E-state index contributed by atoms with van der Waals surface area (Å²) in [6.07, 6.45) is 7.12. The number of hydrogen-bond donors (Lipinski definition) is 1. The Balaban J connectivity index is 2.46. The van der Waals surface area contributed by atoms with Gasteiger partial charge in [-0.05, 0) is 29.9 Å². The van der Waals surface area contributed by atoms with Crippen LogP contribution in [0.25, 0.3) is 0 Å². The number of ether oxygens (including phenoxy) is 1. The molecule has 1 aromatic rings. The summed E-state index contributed by atoms with van der Waals surface area (Å²) in [4.78, 5) is 12.7. The molecule has 1 heterocycles. The van der Waals surface area contributed by atoms with Crippen LogP contribution >= 0.6 is 0 Å². The maximum absolute atomic E-state index is 12.7. The summed E-state index contributed by atoms with van der Waals surface area (Å²) in [5.74, 6) is 5.16. The van der Waals surface area contributed by atoms with Gasteiger partial charge in [0.1, 0.15) is 0 Å². The molecular weight excluding hydrogens is 276 g/mol. The molecule has 2 atom stereocenters. The van der Waals surface area contributed by atoms with Crippen molar-refractivity contribution in [2.45, 2.75) is 38.0 Å². The highest BCUT2D eigenvalue weighted by atomic mass is 16.5. The molecule has 4 heteroatoms. The zero-order chi connectivity index (χ0) is 16.0. The monoisotopic (exact) mass is 300 g/mol. The van der Waals surface area contributed by atoms with Gasteiger partial charge >= 0.3 is 5.97 Å². The van der Waals surface area contributed by atoms with Crippen LogP contribution in [0.2, 0.25) is 0 Å². The molecule has 2 unspecified atom stereocenters. The fourth-order valence-corrected chi connectivity index (χ4v) is 3.30. The molecule has 1 fully saturated rings. The van der Waals surface area contributed by atoms with Crippen molar-refractivity contribution in [1.82, 2.24) is 0 Å². The van der Waals surface area contributed by atoms with Crippen molar-refractivity contribution in [2.75, 3.05) is 6.61 Å². The molecule has 0 aliphatic carbocycles. The molecule has 0 amide bonds. The minimum atomic E-state index is -0.617. The first-order valence-corrected chi connectivity index (χ1v) is 7.82. The number of nitrogens with two attached hydrogens (primary N) is 1. The fourth-order valence-electron chi connectivity index (χ4n) is 3.30. The highest BCUT2D eigenvalue weighted by molar-refractivity contribution is 5.85. The first kappa shape index (κ1) is 16.3. The Morgan fingerprint density at radius 3 is 2.77 bits per heavy atom. The Morgan fingerprint density at radius 2 is 2.18 bits per heavy atom. The molecule has 22 heavy (non-hydrogen) atoms. The molecule has 1 saturated heterocycles. The van der Waals surface area contributed by atoms with Crippen molar-refractivity contribution in [1.29, 1.82) is 0 Å². The third kappa shape index (κ3) is 2.91. The number of carbonyl (C=O) groups is 1. The minimum Gasteiger partial charge on any atom is -0.465 e. The Hall–Kier alpha value is -2.10. The van der Waals surface area contributed by atoms with Crippen LogP contribution in [0.1, 0.15) is 43.7 Å². The second-order valence-corrected chi connectivity index (χ2v) is 5.74. The summed E-state index contributed by atoms with van der Waals surface area (Å²) >= 11 is 0. The van der Waals surface area contributed by atoms with E-state index in [1.54, 1.807) is 6.21 Å². The summed E-state index contributed by atoms with van der Waals surface area (Å²) < 4.78 is 5.42. The van der Waals surface area contributed by atoms with E-state index in [0.29, 0.717) is 6.61 Å². The van der Waals surface area contributed by atoms with E-state index in [1.807, 2.05) is 30.3 Å². The molecule has 0 aromatic heterocycles. The van der Waals surface area contributed by atoms with Gasteiger partial charge in [-0.3, -0.25) is 4.79 Å². The maximum Gasteiger partial charge on any atom is 0.317 e. The normalized spacial score (nSPS) is 25.1. The lowest BCUT2D eigenvalue weighted by molar-refractivity contribution is -0.159. The highest BCUT2D eigenvalue weighted by Crippen LogP contribution is 2.43. The van der Waals surface area contributed by atoms with Gasteiger partial charge in [-0.25, -0.2) is 0 Å². The Bertz CT molecular complexity index is 551. The minimum absolute atomic E-state index is 0.106. The summed E-state index contributed by atoms with van der Waals surface area (Å²) in [6.45, 7) is 6.55. The van der Waals surface area contributed by atoms with Crippen LogP contribution in [0.4, 0.5) is 0 Å². The second kappa shape index (κ2) is 7.25. The molecule has 1 aromatic carbocycles. The first-order chi connectivity index (χ1) is 10.7. The smallest absolute Gasteiger partial charge is 0.317 e. The predicted molar refractivity (Wildman–Crippen MR) is 88.7 cm³/mol. The van der Waals surface area contributed by atoms with Crippen LogP contribution < -0.4 is 5.84 Å². The van der Waals surface area contributed by atoms with E-state index in [-0.39, 0.29) is 11.9 Å². The van der Waals surface area contributed by atoms with Crippen LogP contribution in [0.3, 0.4) is 0 Å². The van der Waals surface area contributed by atoms with E-state index in [2.05, 4.69) is 18.6 Å². The average Bonchev–Trinajstić information content (AvgIpc) is 2.55. The SMILES string of the molecule is C=CC1CCOC(=O)C1(CCCC)c1ccc(C=NN)cc1. The number of nitrogens with zero attached hydrogens (tertiary/aromatic N) is 1. The van der Waals surface area contributed by atoms with Gasteiger partial charge in [0.05, 0.1) is 18.2 Å². The second-order valence-electron chi connectivity index (χ2n) is 5.74. The zero-order valence-corrected chi connectivity index (χ0v) is 13.1. The molecule has 0 saturated carbocycles. The number of benzene rings is 1. The first-order valence-electron chi connectivity index (χ1n) is 7.82. The van der Waals surface area contributed by atoms with Gasteiger partial charge in [0.25, 0.3) is 0 Å². The maximum atomic E-state index is 12.7. The van der Waals surface area contributed by atoms with Gasteiger partial charge < -0.3 is 10.6 Å². The van der Waals surface area contributed by atoms with E-state index >= 15 is 0 Å². The standard InChI is InChI=1S/C18H24N2O2/c1-3-5-11-18(15(4-2)10-12-22-17(18)21)16-8-6-14(7-9-16)13-20-19/h4,6-9,13,15H,2-3,5,10-12,19H2,1H3. The quantitative estimate of drug-likeness (QED) is 0.288. The van der Waals surface area contributed by atoms with E-state index in [0.717, 1.165) is 36.8 Å². The molecule has 0 spiro atoms. The zero-order valence-electron chi connectivity index (χ0n) is 13.1. The molecule has 1 aliphatic heterocycles. The van der Waals surface area contributed by atoms with Crippen molar-refractivity contribution in [3.63, 3.8) is 0 Å². The topological polar surface area (TPSA) is 64.7 Å². The lowest BCUT2D eigenvalue weighted by atomic mass is 9.65. The number of rotatable bonds is 6. The predicted octanol–water partition coefficient (Wildman–Crippen LogP) is 3.16. The summed E-state index contributed by atoms with van der Waals surface area (Å²) in [5, 5.41) is 3.53. The van der Waals surface area contributed by atoms with Gasteiger partial charge in [0.2, 0.25) is 0 Å².